The molecule has 7 heavy (non-hydrogen) atoms. The molecule has 1 heterocycles. The van der Waals surface area contributed by atoms with Gasteiger partial charge in [-0.3, -0.25) is 4.99 Å². The first-order valence-corrected chi connectivity index (χ1v) is 1.95. The van der Waals surface area contributed by atoms with Crippen molar-refractivity contribution in [1.82, 2.24) is 5.31 Å². The largest absolute Gasteiger partial charge is 0.385 e. The SMILES string of the molecule is [2H]C1=NCN([2H])C(N)=C1. The van der Waals surface area contributed by atoms with Gasteiger partial charge in [0.05, 0.1) is 7.19 Å². The number of nitrogens with zero attached hydrogens (tertiary/aromatic N) is 1. The Labute approximate surface area is 44.8 Å². The Morgan fingerprint density at radius 3 is 3.71 bits per heavy atom. The van der Waals surface area contributed by atoms with Gasteiger partial charge < -0.3 is 11.0 Å². The number of allylic oxidation sites excluding steroid dienone is 1. The molecule has 1 aliphatic heterocycles. The molecule has 0 unspecified atom stereocenters. The van der Waals surface area contributed by atoms with E-state index in [1.807, 2.05) is 0 Å². The van der Waals surface area contributed by atoms with E-state index in [9.17, 15) is 0 Å². The summed E-state index contributed by atoms with van der Waals surface area (Å²) in [6.07, 6.45) is 1.48. The van der Waals surface area contributed by atoms with Gasteiger partial charge in [-0.15, -0.1) is 0 Å². The van der Waals surface area contributed by atoms with Gasteiger partial charge in [0.25, 0.3) is 0 Å². The zero-order valence-electron chi connectivity index (χ0n) is 5.76. The average molecular weight is 99.1 g/mol. The Kier molecular flexibility index (Phi) is 0.551. The van der Waals surface area contributed by atoms with Crippen LogP contribution in [0, 0.1) is 0 Å². The molecule has 3 nitrogen and oxygen atoms in total. The third-order valence-corrected chi connectivity index (χ3v) is 0.628. The predicted molar refractivity (Wildman–Crippen MR) is 28.8 cm³/mol. The molecule has 0 fully saturated rings. The summed E-state index contributed by atoms with van der Waals surface area (Å²) in [5.41, 5.74) is 5.27. The van der Waals surface area contributed by atoms with Crippen LogP contribution in [0.25, 0.3) is 0 Å². The predicted octanol–water partition coefficient (Wildman–Crippen LogP) is -0.582. The second kappa shape index (κ2) is 1.64. The lowest BCUT2D eigenvalue weighted by Crippen LogP contribution is -2.22. The van der Waals surface area contributed by atoms with Gasteiger partial charge in [-0.05, 0) is 6.08 Å². The topological polar surface area (TPSA) is 50.4 Å². The van der Waals surface area contributed by atoms with Crippen molar-refractivity contribution in [3.63, 3.8) is 0 Å². The van der Waals surface area contributed by atoms with Gasteiger partial charge in [0, 0.05) is 6.19 Å². The molecule has 1 rings (SSSR count). The van der Waals surface area contributed by atoms with Crippen LogP contribution in [-0.4, -0.2) is 12.9 Å². The minimum absolute atomic E-state index is 0.135. The number of hydrogen-bond donors (Lipinski definition) is 2. The molecule has 0 aromatic carbocycles. The molecule has 38 valence electrons. The van der Waals surface area contributed by atoms with Crippen LogP contribution in [0.15, 0.2) is 16.9 Å². The van der Waals surface area contributed by atoms with E-state index in [-0.39, 0.29) is 18.7 Å². The minimum atomic E-state index is 0.135. The number of hydrogen-bond acceptors (Lipinski definition) is 3. The third-order valence-electron chi connectivity index (χ3n) is 0.628. The quantitative estimate of drug-likeness (QED) is 0.427. The molecular weight excluding hydrogens is 90.1 g/mol. The lowest BCUT2D eigenvalue weighted by molar-refractivity contribution is 0.809. The normalized spacial score (nSPS) is 24.9. The maximum atomic E-state index is 7.02. The van der Waals surface area contributed by atoms with Gasteiger partial charge in [-0.25, -0.2) is 0 Å². The molecule has 0 saturated heterocycles. The van der Waals surface area contributed by atoms with Crippen LogP contribution in [0.3, 0.4) is 0 Å². The third kappa shape index (κ3) is 0.924. The first-order valence-electron chi connectivity index (χ1n) is 2.89. The van der Waals surface area contributed by atoms with Crippen LogP contribution in [-0.2, 0) is 0 Å². The van der Waals surface area contributed by atoms with Crippen molar-refractivity contribution in [2.24, 2.45) is 10.7 Å². The molecular formula is C4H7N3. The van der Waals surface area contributed by atoms with E-state index in [1.165, 1.54) is 6.08 Å². The van der Waals surface area contributed by atoms with E-state index in [0.29, 0.717) is 0 Å². The molecule has 0 atom stereocenters. The van der Waals surface area contributed by atoms with Crippen molar-refractivity contribution in [3.05, 3.63) is 11.9 Å². The molecule has 0 bridgehead atoms. The molecule has 0 amide bonds. The van der Waals surface area contributed by atoms with Crippen LogP contribution in [0.4, 0.5) is 0 Å². The van der Waals surface area contributed by atoms with Gasteiger partial charge in [-0.2, -0.15) is 0 Å². The highest BCUT2D eigenvalue weighted by Crippen LogP contribution is 1.79. The van der Waals surface area contributed by atoms with Crippen LogP contribution >= 0.6 is 0 Å². The zero-order chi connectivity index (χ0) is 6.85. The Balaban J connectivity index is 2.74. The highest BCUT2D eigenvalue weighted by molar-refractivity contribution is 5.72. The first-order chi connectivity index (χ1) is 4.20. The van der Waals surface area contributed by atoms with Gasteiger partial charge in [0.2, 0.25) is 0 Å². The van der Waals surface area contributed by atoms with Crippen LogP contribution in [0.1, 0.15) is 1.37 Å². The molecule has 3 heteroatoms. The number of nitrogens with two attached hydrogens (primary N) is 1. The highest BCUT2D eigenvalue weighted by Gasteiger charge is 1.86. The fourth-order valence-electron chi connectivity index (χ4n) is 0.315. The van der Waals surface area contributed by atoms with Crippen molar-refractivity contribution in [2.45, 2.75) is 0 Å². The van der Waals surface area contributed by atoms with E-state index < -0.39 is 0 Å². The van der Waals surface area contributed by atoms with Gasteiger partial charge in [-0.1, -0.05) is 0 Å². The molecule has 0 spiro atoms. The summed E-state index contributed by atoms with van der Waals surface area (Å²) in [5.74, 6) is 0.273. The van der Waals surface area contributed by atoms with E-state index in [4.69, 9.17) is 8.52 Å². The van der Waals surface area contributed by atoms with Crippen molar-refractivity contribution >= 4 is 6.19 Å². The Hall–Kier alpha value is -0.990. The van der Waals surface area contributed by atoms with Crippen LogP contribution in [0.2, 0.25) is 1.41 Å². The molecule has 0 saturated carbocycles. The summed E-state index contributed by atoms with van der Waals surface area (Å²) < 4.78 is 14.0. The van der Waals surface area contributed by atoms with Crippen molar-refractivity contribution < 1.29 is 2.78 Å². The van der Waals surface area contributed by atoms with Crippen LogP contribution in [0.5, 0.6) is 0 Å². The van der Waals surface area contributed by atoms with Gasteiger partial charge >= 0.3 is 0 Å². The summed E-state index contributed by atoms with van der Waals surface area (Å²) in [6.45, 7) is 0.168. The summed E-state index contributed by atoms with van der Waals surface area (Å²) >= 11 is 0. The Morgan fingerprint density at radius 1 is 2.29 bits per heavy atom. The standard InChI is InChI=1S/C4H7N3/c5-4-1-2-6-3-7-4/h1-2,7H,3,5H2/i2D/hD. The maximum absolute atomic E-state index is 7.02. The first kappa shape index (κ1) is 2.35. The van der Waals surface area contributed by atoms with E-state index in [0.717, 1.165) is 5.31 Å². The van der Waals surface area contributed by atoms with E-state index >= 15 is 0 Å². The van der Waals surface area contributed by atoms with Crippen LogP contribution < -0.4 is 11.0 Å². The summed E-state index contributed by atoms with van der Waals surface area (Å²) in [6, 6.07) is 0. The van der Waals surface area contributed by atoms with Crippen molar-refractivity contribution in [2.75, 3.05) is 6.67 Å². The molecule has 0 aromatic heterocycles. The summed E-state index contributed by atoms with van der Waals surface area (Å²) in [7, 11) is 0. The number of aliphatic imine (C=N–C) groups is 1. The van der Waals surface area contributed by atoms with Gasteiger partial charge in [0.1, 0.15) is 6.67 Å². The van der Waals surface area contributed by atoms with E-state index in [2.05, 4.69) is 4.99 Å². The molecule has 0 aromatic rings. The number of rotatable bonds is 0. The summed E-state index contributed by atoms with van der Waals surface area (Å²) in [5, 5.41) is 1.03. The highest BCUT2D eigenvalue weighted by atomic mass is 15.1. The average Bonchev–Trinajstić information content (AvgIpc) is 1.80. The lowest BCUT2D eigenvalue weighted by Gasteiger charge is -2.03. The smallest absolute Gasteiger partial charge is 0.163 e. The second-order valence-corrected chi connectivity index (χ2v) is 1.16. The Bertz CT molecular complexity index is 175. The molecule has 3 N–H and O–H groups in total. The molecule has 0 radical (unpaired) electrons. The lowest BCUT2D eigenvalue weighted by atomic mass is 10.5. The Morgan fingerprint density at radius 2 is 3.14 bits per heavy atom. The maximum Gasteiger partial charge on any atom is 0.163 e. The fraction of sp³-hybridized carbons (Fsp3) is 0.250. The van der Waals surface area contributed by atoms with E-state index in [1.54, 1.807) is 0 Å². The second-order valence-electron chi connectivity index (χ2n) is 1.16. The fourth-order valence-corrected chi connectivity index (χ4v) is 0.315. The monoisotopic (exact) mass is 99.1 g/mol. The van der Waals surface area contributed by atoms with Crippen molar-refractivity contribution in [1.29, 1.82) is 0 Å². The number of nitrogens with one attached hydrogen (secondary N) is 1. The zero-order valence-corrected chi connectivity index (χ0v) is 3.76. The minimum Gasteiger partial charge on any atom is -0.385 e. The van der Waals surface area contributed by atoms with Gasteiger partial charge in [0.15, 0.2) is 1.41 Å². The molecule has 1 aliphatic rings. The molecule has 0 aliphatic carbocycles. The summed E-state index contributed by atoms with van der Waals surface area (Å²) in [4.78, 5) is 3.63. The van der Waals surface area contributed by atoms with Crippen molar-refractivity contribution in [3.8, 4) is 0 Å².